The van der Waals surface area contributed by atoms with Gasteiger partial charge in [0, 0.05) is 16.1 Å². The SMILES string of the molecule is O=C(NN=Cc1cc(Br)ccc1O)c1ccccc1[N+](=O)[O-]. The van der Waals surface area contributed by atoms with Gasteiger partial charge in [-0.1, -0.05) is 28.1 Å². The lowest BCUT2D eigenvalue weighted by atomic mass is 10.2. The van der Waals surface area contributed by atoms with Crippen LogP contribution in [0.2, 0.25) is 0 Å². The zero-order valence-corrected chi connectivity index (χ0v) is 12.6. The molecule has 0 fully saturated rings. The van der Waals surface area contributed by atoms with E-state index in [-0.39, 0.29) is 17.0 Å². The summed E-state index contributed by atoms with van der Waals surface area (Å²) in [5.74, 6) is -0.718. The molecule has 2 aromatic carbocycles. The highest BCUT2D eigenvalue weighted by Gasteiger charge is 2.18. The predicted octanol–water partition coefficient (Wildman–Crippen LogP) is 2.83. The van der Waals surface area contributed by atoms with Gasteiger partial charge in [-0.2, -0.15) is 5.10 Å². The molecule has 2 rings (SSSR count). The first-order chi connectivity index (χ1) is 10.5. The maximum atomic E-state index is 11.9. The van der Waals surface area contributed by atoms with Crippen molar-refractivity contribution < 1.29 is 14.8 Å². The van der Waals surface area contributed by atoms with Gasteiger partial charge in [-0.15, -0.1) is 0 Å². The van der Waals surface area contributed by atoms with Crippen LogP contribution in [0.15, 0.2) is 52.0 Å². The summed E-state index contributed by atoms with van der Waals surface area (Å²) in [5.41, 5.74) is 2.18. The van der Waals surface area contributed by atoms with Crippen molar-refractivity contribution in [2.24, 2.45) is 5.10 Å². The zero-order valence-electron chi connectivity index (χ0n) is 11.1. The fourth-order valence-electron chi connectivity index (χ4n) is 1.67. The molecular formula is C14H10BrN3O4. The van der Waals surface area contributed by atoms with Gasteiger partial charge in [-0.05, 0) is 24.3 Å². The second kappa shape index (κ2) is 6.81. The number of aromatic hydroxyl groups is 1. The van der Waals surface area contributed by atoms with Crippen molar-refractivity contribution in [2.45, 2.75) is 0 Å². The van der Waals surface area contributed by atoms with Crippen LogP contribution >= 0.6 is 15.9 Å². The number of hydrogen-bond acceptors (Lipinski definition) is 5. The number of halogens is 1. The van der Waals surface area contributed by atoms with E-state index in [0.717, 1.165) is 4.47 Å². The number of para-hydroxylation sites is 1. The van der Waals surface area contributed by atoms with Gasteiger partial charge in [0.15, 0.2) is 0 Å². The van der Waals surface area contributed by atoms with Crippen molar-refractivity contribution in [1.82, 2.24) is 5.43 Å². The van der Waals surface area contributed by atoms with Gasteiger partial charge in [0.2, 0.25) is 0 Å². The minimum absolute atomic E-state index is 0.00751. The highest BCUT2D eigenvalue weighted by Crippen LogP contribution is 2.20. The van der Waals surface area contributed by atoms with Crippen LogP contribution in [0, 0.1) is 10.1 Å². The lowest BCUT2D eigenvalue weighted by molar-refractivity contribution is -0.385. The molecule has 112 valence electrons. The van der Waals surface area contributed by atoms with E-state index in [2.05, 4.69) is 26.5 Å². The monoisotopic (exact) mass is 363 g/mol. The molecule has 2 N–H and O–H groups in total. The fraction of sp³-hybridized carbons (Fsp3) is 0. The molecule has 0 aromatic heterocycles. The minimum atomic E-state index is -0.710. The summed E-state index contributed by atoms with van der Waals surface area (Å²) < 4.78 is 0.733. The van der Waals surface area contributed by atoms with E-state index in [4.69, 9.17) is 0 Å². The predicted molar refractivity (Wildman–Crippen MR) is 84.0 cm³/mol. The second-order valence-corrected chi connectivity index (χ2v) is 5.09. The number of hydrazone groups is 1. The van der Waals surface area contributed by atoms with Gasteiger partial charge in [0.05, 0.1) is 11.1 Å². The molecule has 0 saturated heterocycles. The molecule has 22 heavy (non-hydrogen) atoms. The van der Waals surface area contributed by atoms with E-state index in [1.165, 1.54) is 36.5 Å². The number of carbonyl (C=O) groups is 1. The first-order valence-corrected chi connectivity index (χ1v) is 6.83. The molecule has 0 unspecified atom stereocenters. The Labute approximate surface area is 133 Å². The summed E-state index contributed by atoms with van der Waals surface area (Å²) in [6.45, 7) is 0. The Hall–Kier alpha value is -2.74. The van der Waals surface area contributed by atoms with Crippen LogP contribution in [0.4, 0.5) is 5.69 Å². The van der Waals surface area contributed by atoms with Crippen LogP contribution in [-0.4, -0.2) is 22.2 Å². The second-order valence-electron chi connectivity index (χ2n) is 4.18. The van der Waals surface area contributed by atoms with Crippen molar-refractivity contribution in [3.63, 3.8) is 0 Å². The summed E-state index contributed by atoms with van der Waals surface area (Å²) in [6, 6.07) is 10.3. The average Bonchev–Trinajstić information content (AvgIpc) is 2.50. The first-order valence-electron chi connectivity index (χ1n) is 6.04. The molecule has 0 spiro atoms. The zero-order chi connectivity index (χ0) is 16.1. The Morgan fingerprint density at radius 2 is 2.05 bits per heavy atom. The van der Waals surface area contributed by atoms with Crippen molar-refractivity contribution in [3.8, 4) is 5.75 Å². The Morgan fingerprint density at radius 3 is 2.77 bits per heavy atom. The summed E-state index contributed by atoms with van der Waals surface area (Å²) >= 11 is 3.24. The van der Waals surface area contributed by atoms with Crippen molar-refractivity contribution in [2.75, 3.05) is 0 Å². The Morgan fingerprint density at radius 1 is 1.32 bits per heavy atom. The van der Waals surface area contributed by atoms with Crippen LogP contribution in [0.5, 0.6) is 5.75 Å². The van der Waals surface area contributed by atoms with Crippen LogP contribution in [-0.2, 0) is 0 Å². The van der Waals surface area contributed by atoms with Crippen molar-refractivity contribution in [1.29, 1.82) is 0 Å². The smallest absolute Gasteiger partial charge is 0.282 e. The summed E-state index contributed by atoms with van der Waals surface area (Å²) in [6.07, 6.45) is 1.24. The molecule has 0 saturated carbocycles. The molecule has 1 amide bonds. The summed E-state index contributed by atoms with van der Waals surface area (Å²) in [5, 5.41) is 24.2. The number of carbonyl (C=O) groups excluding carboxylic acids is 1. The molecule has 0 aliphatic rings. The lowest BCUT2D eigenvalue weighted by Gasteiger charge is -2.02. The maximum absolute atomic E-state index is 11.9. The molecule has 7 nitrogen and oxygen atoms in total. The van der Waals surface area contributed by atoms with E-state index in [0.29, 0.717) is 5.56 Å². The van der Waals surface area contributed by atoms with Crippen LogP contribution in [0.1, 0.15) is 15.9 Å². The fourth-order valence-corrected chi connectivity index (χ4v) is 2.05. The number of nitrogens with one attached hydrogen (secondary N) is 1. The van der Waals surface area contributed by atoms with Crippen LogP contribution in [0.25, 0.3) is 0 Å². The summed E-state index contributed by atoms with van der Waals surface area (Å²) in [7, 11) is 0. The molecule has 0 aliphatic heterocycles. The summed E-state index contributed by atoms with van der Waals surface area (Å²) in [4.78, 5) is 22.1. The maximum Gasteiger partial charge on any atom is 0.282 e. The number of hydrogen-bond donors (Lipinski definition) is 2. The van der Waals surface area contributed by atoms with Crippen LogP contribution < -0.4 is 5.43 Å². The molecular weight excluding hydrogens is 354 g/mol. The third kappa shape index (κ3) is 3.67. The Balaban J connectivity index is 2.15. The van der Waals surface area contributed by atoms with E-state index in [1.54, 1.807) is 12.1 Å². The number of phenolic OH excluding ortho intramolecular Hbond substituents is 1. The van der Waals surface area contributed by atoms with Gasteiger partial charge >= 0.3 is 0 Å². The Bertz CT molecular complexity index is 762. The first kappa shape index (κ1) is 15.6. The van der Waals surface area contributed by atoms with Gasteiger partial charge in [-0.3, -0.25) is 14.9 Å². The molecule has 2 aromatic rings. The van der Waals surface area contributed by atoms with E-state index >= 15 is 0 Å². The standard InChI is InChI=1S/C14H10BrN3O4/c15-10-5-6-13(19)9(7-10)8-16-17-14(20)11-3-1-2-4-12(11)18(21)22/h1-8,19H,(H,17,20). The highest BCUT2D eigenvalue weighted by molar-refractivity contribution is 9.10. The molecule has 0 heterocycles. The molecule has 0 aliphatic carbocycles. The number of amides is 1. The largest absolute Gasteiger partial charge is 0.507 e. The number of nitrogens with zero attached hydrogens (tertiary/aromatic N) is 2. The normalized spacial score (nSPS) is 10.6. The highest BCUT2D eigenvalue weighted by atomic mass is 79.9. The van der Waals surface area contributed by atoms with Gasteiger partial charge in [0.1, 0.15) is 11.3 Å². The third-order valence-electron chi connectivity index (χ3n) is 2.70. The van der Waals surface area contributed by atoms with E-state index < -0.39 is 10.8 Å². The van der Waals surface area contributed by atoms with E-state index in [1.807, 2.05) is 0 Å². The number of benzene rings is 2. The van der Waals surface area contributed by atoms with Gasteiger partial charge in [-0.25, -0.2) is 5.43 Å². The molecule has 0 bridgehead atoms. The van der Waals surface area contributed by atoms with Gasteiger partial charge < -0.3 is 5.11 Å². The topological polar surface area (TPSA) is 105 Å². The quantitative estimate of drug-likeness (QED) is 0.494. The number of rotatable bonds is 4. The van der Waals surface area contributed by atoms with Crippen molar-refractivity contribution >= 4 is 33.7 Å². The Kier molecular flexibility index (Phi) is 4.84. The molecule has 8 heteroatoms. The van der Waals surface area contributed by atoms with Crippen molar-refractivity contribution in [3.05, 3.63) is 68.2 Å². The number of phenols is 1. The average molecular weight is 364 g/mol. The van der Waals surface area contributed by atoms with E-state index in [9.17, 15) is 20.0 Å². The van der Waals surface area contributed by atoms with Crippen LogP contribution in [0.3, 0.4) is 0 Å². The molecule has 0 atom stereocenters. The number of nitro groups is 1. The number of nitro benzene ring substituents is 1. The minimum Gasteiger partial charge on any atom is -0.507 e. The van der Waals surface area contributed by atoms with Gasteiger partial charge in [0.25, 0.3) is 11.6 Å². The third-order valence-corrected chi connectivity index (χ3v) is 3.20. The lowest BCUT2D eigenvalue weighted by Crippen LogP contribution is -2.18. The molecule has 0 radical (unpaired) electrons.